The fraction of sp³-hybridized carbons (Fsp3) is 0.154. The highest BCUT2D eigenvalue weighted by Crippen LogP contribution is 2.29. The molecule has 0 spiro atoms. The second kappa shape index (κ2) is 4.54. The summed E-state index contributed by atoms with van der Waals surface area (Å²) in [4.78, 5) is 6.31. The molecule has 82 valence electrons. The fourth-order valence-corrected chi connectivity index (χ4v) is 1.83. The van der Waals surface area contributed by atoms with E-state index in [9.17, 15) is 0 Å². The smallest absolute Gasteiger partial charge is 0.0702 e. The van der Waals surface area contributed by atoms with Crippen molar-refractivity contribution in [3.05, 3.63) is 47.6 Å². The van der Waals surface area contributed by atoms with E-state index in [2.05, 4.69) is 4.98 Å². The van der Waals surface area contributed by atoms with Gasteiger partial charge in [0.05, 0.1) is 16.4 Å². The van der Waals surface area contributed by atoms with Crippen molar-refractivity contribution < 1.29 is 0 Å². The molecule has 0 bridgehead atoms. The van der Waals surface area contributed by atoms with Crippen molar-refractivity contribution >= 4 is 17.3 Å². The monoisotopic (exact) mass is 232 g/mol. The molecule has 2 rings (SSSR count). The molecule has 1 aromatic carbocycles. The SMILES string of the molecule is CN(C)c1cc(-c2ccccn2)ccc1Cl. The highest BCUT2D eigenvalue weighted by Gasteiger charge is 2.05. The number of anilines is 1. The van der Waals surface area contributed by atoms with Gasteiger partial charge in [-0.15, -0.1) is 0 Å². The molecule has 0 saturated carbocycles. The average Bonchev–Trinajstić information content (AvgIpc) is 2.30. The number of rotatable bonds is 2. The standard InChI is InChI=1S/C13H13ClN2/c1-16(2)13-9-10(6-7-11(13)14)12-5-3-4-8-15-12/h3-9H,1-2H3. The minimum atomic E-state index is 0.754. The van der Waals surface area contributed by atoms with Crippen molar-refractivity contribution in [2.45, 2.75) is 0 Å². The van der Waals surface area contributed by atoms with Gasteiger partial charge in [-0.1, -0.05) is 23.7 Å². The molecule has 0 saturated heterocycles. The van der Waals surface area contributed by atoms with Crippen LogP contribution in [0.4, 0.5) is 5.69 Å². The number of halogens is 1. The number of aromatic nitrogens is 1. The van der Waals surface area contributed by atoms with Gasteiger partial charge in [-0.3, -0.25) is 4.98 Å². The van der Waals surface area contributed by atoms with E-state index in [0.29, 0.717) is 0 Å². The maximum absolute atomic E-state index is 6.12. The zero-order valence-corrected chi connectivity index (χ0v) is 10.1. The number of benzene rings is 1. The molecule has 2 nitrogen and oxygen atoms in total. The molecule has 2 aromatic rings. The molecule has 1 heterocycles. The zero-order valence-electron chi connectivity index (χ0n) is 9.31. The van der Waals surface area contributed by atoms with Crippen LogP contribution >= 0.6 is 11.6 Å². The zero-order chi connectivity index (χ0) is 11.5. The molecule has 0 aliphatic heterocycles. The van der Waals surface area contributed by atoms with Crippen LogP contribution in [0.3, 0.4) is 0 Å². The number of hydrogen-bond acceptors (Lipinski definition) is 2. The van der Waals surface area contributed by atoms with Gasteiger partial charge in [0.2, 0.25) is 0 Å². The summed E-state index contributed by atoms with van der Waals surface area (Å²) in [5.74, 6) is 0. The quantitative estimate of drug-likeness (QED) is 0.788. The third-order valence-corrected chi connectivity index (χ3v) is 2.71. The highest BCUT2D eigenvalue weighted by molar-refractivity contribution is 6.33. The molecule has 1 aromatic heterocycles. The minimum Gasteiger partial charge on any atom is -0.376 e. The predicted octanol–water partition coefficient (Wildman–Crippen LogP) is 3.47. The Morgan fingerprint density at radius 2 is 1.94 bits per heavy atom. The van der Waals surface area contributed by atoms with Crippen LogP contribution in [0.1, 0.15) is 0 Å². The van der Waals surface area contributed by atoms with E-state index in [1.54, 1.807) is 6.20 Å². The maximum atomic E-state index is 6.12. The Kier molecular flexibility index (Phi) is 3.11. The Morgan fingerprint density at radius 1 is 1.12 bits per heavy atom. The number of pyridine rings is 1. The van der Waals surface area contributed by atoms with Crippen molar-refractivity contribution in [1.29, 1.82) is 0 Å². The van der Waals surface area contributed by atoms with Gasteiger partial charge in [0.15, 0.2) is 0 Å². The second-order valence-electron chi connectivity index (χ2n) is 3.78. The lowest BCUT2D eigenvalue weighted by molar-refractivity contribution is 1.13. The van der Waals surface area contributed by atoms with E-state index in [1.807, 2.05) is 55.4 Å². The lowest BCUT2D eigenvalue weighted by atomic mass is 10.1. The molecular weight excluding hydrogens is 220 g/mol. The van der Waals surface area contributed by atoms with Crippen LogP contribution in [-0.2, 0) is 0 Å². The van der Waals surface area contributed by atoms with Crippen molar-refractivity contribution in [2.75, 3.05) is 19.0 Å². The minimum absolute atomic E-state index is 0.754. The lowest BCUT2D eigenvalue weighted by Gasteiger charge is -2.15. The molecule has 0 aliphatic rings. The summed E-state index contributed by atoms with van der Waals surface area (Å²) in [5.41, 5.74) is 3.04. The molecule has 16 heavy (non-hydrogen) atoms. The third kappa shape index (κ3) is 2.17. The van der Waals surface area contributed by atoms with Crippen LogP contribution in [0.25, 0.3) is 11.3 Å². The molecule has 0 atom stereocenters. The molecule has 0 aliphatic carbocycles. The first-order valence-corrected chi connectivity index (χ1v) is 5.44. The topological polar surface area (TPSA) is 16.1 Å². The maximum Gasteiger partial charge on any atom is 0.0702 e. The van der Waals surface area contributed by atoms with Gasteiger partial charge in [0, 0.05) is 25.9 Å². The predicted molar refractivity (Wildman–Crippen MR) is 69.0 cm³/mol. The summed E-state index contributed by atoms with van der Waals surface area (Å²) < 4.78 is 0. The summed E-state index contributed by atoms with van der Waals surface area (Å²) >= 11 is 6.12. The van der Waals surface area contributed by atoms with Crippen LogP contribution in [0.5, 0.6) is 0 Å². The summed E-state index contributed by atoms with van der Waals surface area (Å²) in [6, 6.07) is 11.8. The normalized spacial score (nSPS) is 10.2. The van der Waals surface area contributed by atoms with E-state index in [4.69, 9.17) is 11.6 Å². The molecule has 0 unspecified atom stereocenters. The molecule has 0 amide bonds. The van der Waals surface area contributed by atoms with E-state index in [-0.39, 0.29) is 0 Å². The van der Waals surface area contributed by atoms with Gasteiger partial charge in [0.1, 0.15) is 0 Å². The Balaban J connectivity index is 2.48. The third-order valence-electron chi connectivity index (χ3n) is 2.39. The van der Waals surface area contributed by atoms with Crippen molar-refractivity contribution in [1.82, 2.24) is 4.98 Å². The van der Waals surface area contributed by atoms with Gasteiger partial charge in [-0.25, -0.2) is 0 Å². The van der Waals surface area contributed by atoms with Crippen LogP contribution in [0.2, 0.25) is 5.02 Å². The van der Waals surface area contributed by atoms with E-state index in [1.165, 1.54) is 0 Å². The first kappa shape index (κ1) is 11.0. The Hall–Kier alpha value is -1.54. The van der Waals surface area contributed by atoms with Crippen molar-refractivity contribution in [3.63, 3.8) is 0 Å². The van der Waals surface area contributed by atoms with Crippen LogP contribution in [0.15, 0.2) is 42.6 Å². The first-order valence-electron chi connectivity index (χ1n) is 5.07. The van der Waals surface area contributed by atoms with Crippen LogP contribution < -0.4 is 4.90 Å². The van der Waals surface area contributed by atoms with Gasteiger partial charge in [-0.05, 0) is 24.3 Å². The summed E-state index contributed by atoms with van der Waals surface area (Å²) in [5, 5.41) is 0.754. The van der Waals surface area contributed by atoms with Crippen LogP contribution in [-0.4, -0.2) is 19.1 Å². The molecule has 3 heteroatoms. The summed E-state index contributed by atoms with van der Waals surface area (Å²) in [6.07, 6.45) is 1.79. The summed E-state index contributed by atoms with van der Waals surface area (Å²) in [6.45, 7) is 0. The van der Waals surface area contributed by atoms with Crippen LogP contribution in [0, 0.1) is 0 Å². The number of hydrogen-bond donors (Lipinski definition) is 0. The average molecular weight is 233 g/mol. The van der Waals surface area contributed by atoms with Gasteiger partial charge >= 0.3 is 0 Å². The van der Waals surface area contributed by atoms with Gasteiger partial charge < -0.3 is 4.90 Å². The fourth-order valence-electron chi connectivity index (χ4n) is 1.55. The van der Waals surface area contributed by atoms with E-state index in [0.717, 1.165) is 22.0 Å². The molecular formula is C13H13ClN2. The number of nitrogens with zero attached hydrogens (tertiary/aromatic N) is 2. The van der Waals surface area contributed by atoms with Crippen molar-refractivity contribution in [3.8, 4) is 11.3 Å². The second-order valence-corrected chi connectivity index (χ2v) is 4.18. The molecule has 0 radical (unpaired) electrons. The molecule has 0 N–H and O–H groups in total. The summed E-state index contributed by atoms with van der Waals surface area (Å²) in [7, 11) is 3.95. The van der Waals surface area contributed by atoms with Crippen molar-refractivity contribution in [2.24, 2.45) is 0 Å². The first-order chi connectivity index (χ1) is 7.68. The largest absolute Gasteiger partial charge is 0.376 e. The Labute approximate surface area is 101 Å². The van der Waals surface area contributed by atoms with E-state index < -0.39 is 0 Å². The van der Waals surface area contributed by atoms with Gasteiger partial charge in [0.25, 0.3) is 0 Å². The highest BCUT2D eigenvalue weighted by atomic mass is 35.5. The van der Waals surface area contributed by atoms with Gasteiger partial charge in [-0.2, -0.15) is 0 Å². The lowest BCUT2D eigenvalue weighted by Crippen LogP contribution is -2.09. The van der Waals surface area contributed by atoms with E-state index >= 15 is 0 Å². The Bertz CT molecular complexity index is 481. The molecule has 0 fully saturated rings. The Morgan fingerprint density at radius 3 is 2.56 bits per heavy atom.